The Morgan fingerprint density at radius 2 is 2.29 bits per heavy atom. The van der Waals surface area contributed by atoms with Crippen LogP contribution in [0.5, 0.6) is 5.88 Å². The number of hydrogen-bond acceptors (Lipinski definition) is 6. The van der Waals surface area contributed by atoms with Gasteiger partial charge in [0.1, 0.15) is 0 Å². The first-order valence-electron chi connectivity index (χ1n) is 7.14. The van der Waals surface area contributed by atoms with Crippen LogP contribution in [-0.4, -0.2) is 29.7 Å². The number of aromatic nitrogens is 2. The number of halogens is 1. The summed E-state index contributed by atoms with van der Waals surface area (Å²) in [6, 6.07) is 7.65. The quantitative estimate of drug-likeness (QED) is 0.579. The highest BCUT2D eigenvalue weighted by Gasteiger charge is 2.07. The van der Waals surface area contributed by atoms with Gasteiger partial charge < -0.3 is 14.8 Å². The molecular weight excluding hydrogens is 374 g/mol. The molecule has 0 bridgehead atoms. The maximum Gasteiger partial charge on any atom is 0.305 e. The first-order chi connectivity index (χ1) is 11.6. The highest BCUT2D eigenvalue weighted by Crippen LogP contribution is 2.24. The lowest BCUT2D eigenvalue weighted by Gasteiger charge is -2.09. The Morgan fingerprint density at radius 1 is 1.46 bits per heavy atom. The van der Waals surface area contributed by atoms with Crippen LogP contribution in [0.15, 0.2) is 34.9 Å². The van der Waals surface area contributed by atoms with Crippen molar-refractivity contribution in [3.63, 3.8) is 0 Å². The highest BCUT2D eigenvalue weighted by atomic mass is 79.9. The Labute approximate surface area is 148 Å². The predicted octanol–water partition coefficient (Wildman–Crippen LogP) is 3.10. The number of rotatable bonds is 7. The number of aryl methyl sites for hydroxylation is 1. The molecule has 0 aliphatic heterocycles. The first kappa shape index (κ1) is 17.8. The molecule has 0 aliphatic carbocycles. The van der Waals surface area contributed by atoms with Crippen molar-refractivity contribution in [3.8, 4) is 18.2 Å². The van der Waals surface area contributed by atoms with E-state index >= 15 is 0 Å². The van der Waals surface area contributed by atoms with E-state index in [2.05, 4.69) is 41.9 Å². The van der Waals surface area contributed by atoms with Crippen LogP contribution in [0.3, 0.4) is 0 Å². The van der Waals surface area contributed by atoms with Crippen LogP contribution in [0.25, 0.3) is 0 Å². The summed E-state index contributed by atoms with van der Waals surface area (Å²) in [4.78, 5) is 19.7. The number of hydrogen-bond donors (Lipinski definition) is 1. The fourth-order valence-electron chi connectivity index (χ4n) is 1.91. The molecule has 0 spiro atoms. The first-order valence-corrected chi connectivity index (χ1v) is 7.93. The molecule has 24 heavy (non-hydrogen) atoms. The van der Waals surface area contributed by atoms with Gasteiger partial charge >= 0.3 is 5.97 Å². The molecule has 0 radical (unpaired) electrons. The van der Waals surface area contributed by atoms with Crippen LogP contribution in [-0.2, 0) is 16.0 Å². The largest absolute Gasteiger partial charge is 0.469 e. The van der Waals surface area contributed by atoms with Crippen molar-refractivity contribution in [3.05, 3.63) is 40.5 Å². The second-order valence-electron chi connectivity index (χ2n) is 4.74. The van der Waals surface area contributed by atoms with Gasteiger partial charge in [-0.15, -0.1) is 6.42 Å². The number of benzene rings is 1. The monoisotopic (exact) mass is 389 g/mol. The minimum Gasteiger partial charge on any atom is -0.469 e. The summed E-state index contributed by atoms with van der Waals surface area (Å²) in [5.74, 6) is 2.90. The maximum atomic E-state index is 11.2. The van der Waals surface area contributed by atoms with E-state index in [1.165, 1.54) is 7.11 Å². The second kappa shape index (κ2) is 8.89. The summed E-state index contributed by atoms with van der Waals surface area (Å²) < 4.78 is 10.6. The third-order valence-electron chi connectivity index (χ3n) is 3.03. The number of carbonyl (C=O) groups is 1. The molecule has 124 valence electrons. The van der Waals surface area contributed by atoms with Gasteiger partial charge in [0.05, 0.1) is 17.8 Å². The van der Waals surface area contributed by atoms with E-state index in [0.717, 1.165) is 11.3 Å². The van der Waals surface area contributed by atoms with E-state index in [0.29, 0.717) is 29.1 Å². The van der Waals surface area contributed by atoms with Gasteiger partial charge in [-0.2, -0.15) is 4.98 Å². The summed E-state index contributed by atoms with van der Waals surface area (Å²) >= 11 is 3.31. The standard InChI is InChI=1S/C17H16BrN3O3/c1-3-9-24-16-14(18)11-19-17(21-16)20-13-6-4-5-12(10-13)7-8-15(22)23-2/h1,4-6,10-11H,7-9H2,2H3,(H,19,20,21). The lowest BCUT2D eigenvalue weighted by atomic mass is 10.1. The van der Waals surface area contributed by atoms with Crippen molar-refractivity contribution in [2.45, 2.75) is 12.8 Å². The van der Waals surface area contributed by atoms with Crippen molar-refractivity contribution >= 4 is 33.5 Å². The molecule has 0 saturated carbocycles. The number of ether oxygens (including phenoxy) is 2. The Morgan fingerprint density at radius 3 is 3.04 bits per heavy atom. The van der Waals surface area contributed by atoms with E-state index < -0.39 is 0 Å². The average Bonchev–Trinajstić information content (AvgIpc) is 2.60. The van der Waals surface area contributed by atoms with Crippen LogP contribution in [0.1, 0.15) is 12.0 Å². The van der Waals surface area contributed by atoms with Crippen molar-refractivity contribution in [2.24, 2.45) is 0 Å². The molecule has 0 aliphatic rings. The molecule has 0 atom stereocenters. The normalized spacial score (nSPS) is 9.88. The van der Waals surface area contributed by atoms with Crippen LogP contribution in [0.2, 0.25) is 0 Å². The van der Waals surface area contributed by atoms with Gasteiger partial charge in [-0.25, -0.2) is 4.98 Å². The number of nitrogens with zero attached hydrogens (tertiary/aromatic N) is 2. The molecule has 2 rings (SSSR count). The van der Waals surface area contributed by atoms with E-state index in [-0.39, 0.29) is 12.6 Å². The summed E-state index contributed by atoms with van der Waals surface area (Å²) in [7, 11) is 1.38. The third kappa shape index (κ3) is 5.25. The fourth-order valence-corrected chi connectivity index (χ4v) is 2.21. The molecule has 6 nitrogen and oxygen atoms in total. The summed E-state index contributed by atoms with van der Waals surface area (Å²) in [6.07, 6.45) is 7.70. The van der Waals surface area contributed by atoms with Crippen molar-refractivity contribution in [1.29, 1.82) is 0 Å². The van der Waals surface area contributed by atoms with Crippen molar-refractivity contribution < 1.29 is 14.3 Å². The zero-order valence-corrected chi connectivity index (χ0v) is 14.7. The van der Waals surface area contributed by atoms with Gasteiger partial charge in [0.15, 0.2) is 6.61 Å². The van der Waals surface area contributed by atoms with E-state index in [4.69, 9.17) is 11.2 Å². The Balaban J connectivity index is 2.08. The maximum absolute atomic E-state index is 11.2. The molecule has 0 amide bonds. The summed E-state index contributed by atoms with van der Waals surface area (Å²) in [6.45, 7) is 0.123. The molecule has 1 aromatic carbocycles. The number of carbonyl (C=O) groups excluding carboxylic acids is 1. The van der Waals surface area contributed by atoms with Crippen LogP contribution < -0.4 is 10.1 Å². The zero-order valence-electron chi connectivity index (χ0n) is 13.1. The summed E-state index contributed by atoms with van der Waals surface area (Å²) in [5, 5.41) is 3.10. The van der Waals surface area contributed by atoms with Gasteiger partial charge in [-0.1, -0.05) is 18.1 Å². The zero-order chi connectivity index (χ0) is 17.4. The molecule has 0 fully saturated rings. The Kier molecular flexibility index (Phi) is 6.58. The fraction of sp³-hybridized carbons (Fsp3) is 0.235. The molecule has 1 N–H and O–H groups in total. The van der Waals surface area contributed by atoms with Gasteiger partial charge in [0.25, 0.3) is 0 Å². The third-order valence-corrected chi connectivity index (χ3v) is 3.58. The molecule has 0 unspecified atom stereocenters. The molecular formula is C17H16BrN3O3. The molecule has 0 saturated heterocycles. The lowest BCUT2D eigenvalue weighted by Crippen LogP contribution is -2.03. The van der Waals surface area contributed by atoms with Crippen LogP contribution in [0.4, 0.5) is 11.6 Å². The number of nitrogens with one attached hydrogen (secondary N) is 1. The molecule has 2 aromatic rings. The molecule has 1 heterocycles. The molecule has 1 aromatic heterocycles. The average molecular weight is 390 g/mol. The number of esters is 1. The van der Waals surface area contributed by atoms with E-state index in [1.807, 2.05) is 24.3 Å². The van der Waals surface area contributed by atoms with Crippen molar-refractivity contribution in [1.82, 2.24) is 9.97 Å². The van der Waals surface area contributed by atoms with Gasteiger partial charge in [-0.3, -0.25) is 4.79 Å². The van der Waals surface area contributed by atoms with Crippen LogP contribution >= 0.6 is 15.9 Å². The minimum absolute atomic E-state index is 0.123. The number of terminal acetylenes is 1. The topological polar surface area (TPSA) is 73.3 Å². The Bertz CT molecular complexity index is 759. The minimum atomic E-state index is -0.236. The smallest absolute Gasteiger partial charge is 0.305 e. The number of methoxy groups -OCH3 is 1. The summed E-state index contributed by atoms with van der Waals surface area (Å²) in [5.41, 5.74) is 1.81. The Hall–Kier alpha value is -2.59. The predicted molar refractivity (Wildman–Crippen MR) is 94.1 cm³/mol. The van der Waals surface area contributed by atoms with Gasteiger partial charge in [0, 0.05) is 12.1 Å². The van der Waals surface area contributed by atoms with E-state index in [9.17, 15) is 4.79 Å². The number of anilines is 2. The van der Waals surface area contributed by atoms with Gasteiger partial charge in [-0.05, 0) is 40.0 Å². The van der Waals surface area contributed by atoms with Crippen molar-refractivity contribution in [2.75, 3.05) is 19.0 Å². The SMILES string of the molecule is C#CCOc1nc(Nc2cccc(CCC(=O)OC)c2)ncc1Br. The molecule has 7 heteroatoms. The lowest BCUT2D eigenvalue weighted by molar-refractivity contribution is -0.140. The van der Waals surface area contributed by atoms with Gasteiger partial charge in [0.2, 0.25) is 11.8 Å². The van der Waals surface area contributed by atoms with Crippen LogP contribution in [0, 0.1) is 12.3 Å². The second-order valence-corrected chi connectivity index (χ2v) is 5.60. The highest BCUT2D eigenvalue weighted by molar-refractivity contribution is 9.10. The van der Waals surface area contributed by atoms with E-state index in [1.54, 1.807) is 6.20 Å².